The Bertz CT molecular complexity index is 789. The standard InChI is InChI=1S/C15H14BrN3O/c16-11-4-1-9(2-5-11)7-12(17)10-3-6-13-14(8-10)19-15(20)18-13/h1-6,8,12H,7,17H2,(H2,18,19,20). The normalized spacial score (nSPS) is 12.7. The third kappa shape index (κ3) is 2.69. The van der Waals surface area contributed by atoms with E-state index in [1.807, 2.05) is 30.3 Å². The molecule has 0 spiro atoms. The average molecular weight is 332 g/mol. The number of aromatic amines is 2. The predicted molar refractivity (Wildman–Crippen MR) is 83.7 cm³/mol. The molecule has 0 saturated heterocycles. The van der Waals surface area contributed by atoms with Crippen LogP contribution in [0.15, 0.2) is 51.7 Å². The Kier molecular flexibility index (Phi) is 3.46. The fraction of sp³-hybridized carbons (Fsp3) is 0.133. The molecular formula is C15H14BrN3O. The van der Waals surface area contributed by atoms with Gasteiger partial charge in [-0.1, -0.05) is 34.1 Å². The lowest BCUT2D eigenvalue weighted by Gasteiger charge is -2.12. The van der Waals surface area contributed by atoms with E-state index < -0.39 is 0 Å². The van der Waals surface area contributed by atoms with Crippen LogP contribution in [0.2, 0.25) is 0 Å². The molecule has 0 fully saturated rings. The Morgan fingerprint density at radius 3 is 2.50 bits per heavy atom. The van der Waals surface area contributed by atoms with Crippen molar-refractivity contribution in [1.82, 2.24) is 9.97 Å². The van der Waals surface area contributed by atoms with E-state index in [2.05, 4.69) is 38.0 Å². The van der Waals surface area contributed by atoms with Crippen molar-refractivity contribution in [1.29, 1.82) is 0 Å². The summed E-state index contributed by atoms with van der Waals surface area (Å²) in [5, 5.41) is 0. The van der Waals surface area contributed by atoms with Crippen molar-refractivity contribution in [2.75, 3.05) is 0 Å². The quantitative estimate of drug-likeness (QED) is 0.690. The van der Waals surface area contributed by atoms with Gasteiger partial charge in [0.1, 0.15) is 0 Å². The lowest BCUT2D eigenvalue weighted by Crippen LogP contribution is -2.13. The van der Waals surface area contributed by atoms with Gasteiger partial charge >= 0.3 is 5.69 Å². The molecule has 1 unspecified atom stereocenters. The van der Waals surface area contributed by atoms with Crippen LogP contribution < -0.4 is 11.4 Å². The van der Waals surface area contributed by atoms with E-state index in [0.717, 1.165) is 27.5 Å². The smallest absolute Gasteiger partial charge is 0.323 e. The van der Waals surface area contributed by atoms with Gasteiger partial charge in [0.05, 0.1) is 11.0 Å². The molecule has 1 atom stereocenters. The number of nitrogens with one attached hydrogen (secondary N) is 2. The van der Waals surface area contributed by atoms with Crippen LogP contribution in [0.25, 0.3) is 11.0 Å². The first kappa shape index (κ1) is 13.1. The van der Waals surface area contributed by atoms with E-state index in [0.29, 0.717) is 0 Å². The zero-order valence-electron chi connectivity index (χ0n) is 10.7. The van der Waals surface area contributed by atoms with Gasteiger partial charge in [0, 0.05) is 10.5 Å². The van der Waals surface area contributed by atoms with E-state index in [1.165, 1.54) is 5.56 Å². The first-order chi connectivity index (χ1) is 9.61. The summed E-state index contributed by atoms with van der Waals surface area (Å²) in [6, 6.07) is 13.8. The Morgan fingerprint density at radius 1 is 1.05 bits per heavy atom. The summed E-state index contributed by atoms with van der Waals surface area (Å²) in [5.41, 5.74) is 9.84. The Labute approximate surface area is 124 Å². The van der Waals surface area contributed by atoms with Crippen LogP contribution in [0.3, 0.4) is 0 Å². The molecule has 5 heteroatoms. The van der Waals surface area contributed by atoms with E-state index >= 15 is 0 Å². The number of aromatic nitrogens is 2. The number of H-pyrrole nitrogens is 2. The predicted octanol–water partition coefficient (Wildman–Crippen LogP) is 2.86. The Balaban J connectivity index is 1.85. The third-order valence-electron chi connectivity index (χ3n) is 3.34. The lowest BCUT2D eigenvalue weighted by molar-refractivity contribution is 0.723. The van der Waals surface area contributed by atoms with Gasteiger partial charge in [-0.15, -0.1) is 0 Å². The topological polar surface area (TPSA) is 74.7 Å². The van der Waals surface area contributed by atoms with E-state index in [-0.39, 0.29) is 11.7 Å². The molecule has 0 radical (unpaired) electrons. The van der Waals surface area contributed by atoms with Crippen LogP contribution in [0.5, 0.6) is 0 Å². The molecule has 4 nitrogen and oxygen atoms in total. The van der Waals surface area contributed by atoms with Gasteiger partial charge in [-0.05, 0) is 41.8 Å². The van der Waals surface area contributed by atoms with E-state index in [4.69, 9.17) is 5.73 Å². The van der Waals surface area contributed by atoms with Crippen LogP contribution >= 0.6 is 15.9 Å². The number of hydrogen-bond acceptors (Lipinski definition) is 2. The van der Waals surface area contributed by atoms with Crippen molar-refractivity contribution in [2.45, 2.75) is 12.5 Å². The molecule has 0 aliphatic carbocycles. The molecule has 0 amide bonds. The van der Waals surface area contributed by atoms with Crippen LogP contribution in [-0.4, -0.2) is 9.97 Å². The second-order valence-corrected chi connectivity index (χ2v) is 5.74. The average Bonchev–Trinajstić information content (AvgIpc) is 2.80. The molecule has 0 aliphatic rings. The number of benzene rings is 2. The number of rotatable bonds is 3. The van der Waals surface area contributed by atoms with Gasteiger partial charge in [-0.2, -0.15) is 0 Å². The zero-order chi connectivity index (χ0) is 14.1. The van der Waals surface area contributed by atoms with Crippen molar-refractivity contribution >= 4 is 27.0 Å². The second kappa shape index (κ2) is 5.26. The minimum Gasteiger partial charge on any atom is -0.324 e. The Morgan fingerprint density at radius 2 is 1.75 bits per heavy atom. The second-order valence-electron chi connectivity index (χ2n) is 4.82. The summed E-state index contributed by atoms with van der Waals surface area (Å²) in [6.45, 7) is 0. The molecule has 102 valence electrons. The highest BCUT2D eigenvalue weighted by Crippen LogP contribution is 2.20. The van der Waals surface area contributed by atoms with Crippen LogP contribution in [0.1, 0.15) is 17.2 Å². The van der Waals surface area contributed by atoms with Crippen molar-refractivity contribution in [3.8, 4) is 0 Å². The maximum absolute atomic E-state index is 11.2. The molecule has 1 aromatic heterocycles. The minimum absolute atomic E-state index is 0.0982. The summed E-state index contributed by atoms with van der Waals surface area (Å²) >= 11 is 3.42. The van der Waals surface area contributed by atoms with Gasteiger partial charge in [0.25, 0.3) is 0 Å². The molecule has 4 N–H and O–H groups in total. The monoisotopic (exact) mass is 331 g/mol. The summed E-state index contributed by atoms with van der Waals surface area (Å²) in [5.74, 6) is 0. The fourth-order valence-corrected chi connectivity index (χ4v) is 2.54. The maximum Gasteiger partial charge on any atom is 0.323 e. The van der Waals surface area contributed by atoms with Crippen molar-refractivity contribution in [3.05, 3.63) is 68.5 Å². The van der Waals surface area contributed by atoms with Gasteiger partial charge < -0.3 is 15.7 Å². The van der Waals surface area contributed by atoms with E-state index in [9.17, 15) is 4.79 Å². The number of halogens is 1. The summed E-state index contributed by atoms with van der Waals surface area (Å²) < 4.78 is 1.06. The van der Waals surface area contributed by atoms with Crippen molar-refractivity contribution in [2.24, 2.45) is 5.73 Å². The SMILES string of the molecule is NC(Cc1ccc(Br)cc1)c1ccc2[nH]c(=O)[nH]c2c1. The number of nitrogens with two attached hydrogens (primary N) is 1. The zero-order valence-corrected chi connectivity index (χ0v) is 12.3. The minimum atomic E-state index is -0.196. The van der Waals surface area contributed by atoms with Gasteiger partial charge in [0.2, 0.25) is 0 Å². The van der Waals surface area contributed by atoms with Gasteiger partial charge in [-0.3, -0.25) is 0 Å². The van der Waals surface area contributed by atoms with Crippen molar-refractivity contribution < 1.29 is 0 Å². The van der Waals surface area contributed by atoms with Gasteiger partial charge in [0.15, 0.2) is 0 Å². The molecule has 1 heterocycles. The lowest BCUT2D eigenvalue weighted by atomic mass is 9.99. The molecule has 0 saturated carbocycles. The molecule has 0 aliphatic heterocycles. The highest BCUT2D eigenvalue weighted by molar-refractivity contribution is 9.10. The summed E-state index contributed by atoms with van der Waals surface area (Å²) in [4.78, 5) is 16.7. The van der Waals surface area contributed by atoms with Crippen LogP contribution in [0, 0.1) is 0 Å². The van der Waals surface area contributed by atoms with E-state index in [1.54, 1.807) is 0 Å². The highest BCUT2D eigenvalue weighted by atomic mass is 79.9. The molecule has 0 bridgehead atoms. The number of hydrogen-bond donors (Lipinski definition) is 3. The molecule has 3 rings (SSSR count). The molecule has 3 aromatic rings. The van der Waals surface area contributed by atoms with Gasteiger partial charge in [-0.25, -0.2) is 4.79 Å². The number of fused-ring (bicyclic) bond motifs is 1. The molecular weight excluding hydrogens is 318 g/mol. The van der Waals surface area contributed by atoms with Crippen molar-refractivity contribution in [3.63, 3.8) is 0 Å². The molecule has 2 aromatic carbocycles. The largest absolute Gasteiger partial charge is 0.324 e. The summed E-state index contributed by atoms with van der Waals surface area (Å²) in [7, 11) is 0. The first-order valence-electron chi connectivity index (χ1n) is 6.34. The highest BCUT2D eigenvalue weighted by Gasteiger charge is 2.09. The summed E-state index contributed by atoms with van der Waals surface area (Å²) in [6.07, 6.45) is 0.757. The number of imidazole rings is 1. The fourth-order valence-electron chi connectivity index (χ4n) is 2.27. The first-order valence-corrected chi connectivity index (χ1v) is 7.13. The Hall–Kier alpha value is -1.85. The maximum atomic E-state index is 11.2. The third-order valence-corrected chi connectivity index (χ3v) is 3.87. The van der Waals surface area contributed by atoms with Crippen LogP contribution in [-0.2, 0) is 6.42 Å². The molecule has 20 heavy (non-hydrogen) atoms. The van der Waals surface area contributed by atoms with Crippen LogP contribution in [0.4, 0.5) is 0 Å².